The second-order valence-corrected chi connectivity index (χ2v) is 5.34. The number of rotatable bonds is 3. The summed E-state index contributed by atoms with van der Waals surface area (Å²) in [5.74, 6) is 1.31. The number of hydrogen-bond acceptors (Lipinski definition) is 3. The molecule has 0 aliphatic carbocycles. The lowest BCUT2D eigenvalue weighted by atomic mass is 9.87. The normalized spacial score (nSPS) is 23.2. The van der Waals surface area contributed by atoms with Crippen LogP contribution in [0.1, 0.15) is 30.9 Å². The molecule has 0 radical (unpaired) electrons. The summed E-state index contributed by atoms with van der Waals surface area (Å²) in [6.07, 6.45) is 2.29. The van der Waals surface area contributed by atoms with Crippen LogP contribution in [0.5, 0.6) is 11.5 Å². The van der Waals surface area contributed by atoms with Gasteiger partial charge in [0, 0.05) is 5.54 Å². The Morgan fingerprint density at radius 3 is 2.56 bits per heavy atom. The highest BCUT2D eigenvalue weighted by Gasteiger charge is 2.33. The first-order chi connectivity index (χ1) is 8.53. The molecule has 4 heteroatoms. The van der Waals surface area contributed by atoms with Crippen molar-refractivity contribution in [3.8, 4) is 11.5 Å². The Kier molecular flexibility index (Phi) is 3.74. The van der Waals surface area contributed by atoms with Crippen LogP contribution in [0.25, 0.3) is 0 Å². The summed E-state index contributed by atoms with van der Waals surface area (Å²) in [7, 11) is 3.25. The third-order valence-electron chi connectivity index (χ3n) is 3.82. The van der Waals surface area contributed by atoms with E-state index in [0.717, 1.165) is 18.5 Å². The molecule has 1 aromatic carbocycles. The SMILES string of the molecule is COc1cc(C2(C)CCCN2)c(C)c(Cl)c1OC. The molecular formula is C14H20ClNO2. The van der Waals surface area contributed by atoms with E-state index in [1.165, 1.54) is 12.0 Å². The van der Waals surface area contributed by atoms with Gasteiger partial charge in [-0.3, -0.25) is 0 Å². The third-order valence-corrected chi connectivity index (χ3v) is 4.27. The standard InChI is InChI=1S/C14H20ClNO2/c1-9-10(14(2)6-5-7-16-14)8-11(17-3)13(18-4)12(9)15/h8,16H,5-7H2,1-4H3. The van der Waals surface area contributed by atoms with E-state index >= 15 is 0 Å². The van der Waals surface area contributed by atoms with E-state index in [1.807, 2.05) is 13.0 Å². The Hall–Kier alpha value is -0.930. The zero-order valence-electron chi connectivity index (χ0n) is 11.4. The van der Waals surface area contributed by atoms with Crippen LogP contribution in [0.3, 0.4) is 0 Å². The van der Waals surface area contributed by atoms with Gasteiger partial charge in [-0.05, 0) is 50.4 Å². The van der Waals surface area contributed by atoms with E-state index in [1.54, 1.807) is 14.2 Å². The maximum Gasteiger partial charge on any atom is 0.179 e. The summed E-state index contributed by atoms with van der Waals surface area (Å²) in [6, 6.07) is 2.04. The fourth-order valence-corrected chi connectivity index (χ4v) is 3.01. The molecule has 1 unspecified atom stereocenters. The van der Waals surface area contributed by atoms with Crippen LogP contribution in [-0.2, 0) is 5.54 Å². The van der Waals surface area contributed by atoms with Gasteiger partial charge < -0.3 is 14.8 Å². The van der Waals surface area contributed by atoms with Crippen molar-refractivity contribution in [2.75, 3.05) is 20.8 Å². The Balaban J connectivity index is 2.58. The van der Waals surface area contributed by atoms with E-state index in [2.05, 4.69) is 12.2 Å². The minimum Gasteiger partial charge on any atom is -0.493 e. The molecule has 1 aromatic rings. The quantitative estimate of drug-likeness (QED) is 0.914. The number of benzene rings is 1. The molecular weight excluding hydrogens is 250 g/mol. The molecule has 1 heterocycles. The minimum absolute atomic E-state index is 0.0206. The highest BCUT2D eigenvalue weighted by Crippen LogP contribution is 2.44. The smallest absolute Gasteiger partial charge is 0.179 e. The first kappa shape index (κ1) is 13.5. The largest absolute Gasteiger partial charge is 0.493 e. The molecule has 18 heavy (non-hydrogen) atoms. The Bertz CT molecular complexity index is 454. The molecule has 1 saturated heterocycles. The molecule has 0 saturated carbocycles. The zero-order valence-corrected chi connectivity index (χ0v) is 12.1. The predicted octanol–water partition coefficient (Wildman–Crippen LogP) is 3.26. The van der Waals surface area contributed by atoms with Crippen molar-refractivity contribution in [1.82, 2.24) is 5.32 Å². The minimum atomic E-state index is -0.0206. The summed E-state index contributed by atoms with van der Waals surface area (Å²) in [5.41, 5.74) is 2.24. The third kappa shape index (κ3) is 2.06. The average molecular weight is 270 g/mol. The number of nitrogens with one attached hydrogen (secondary N) is 1. The van der Waals surface area contributed by atoms with Crippen LogP contribution < -0.4 is 14.8 Å². The molecule has 0 spiro atoms. The first-order valence-corrected chi connectivity index (χ1v) is 6.58. The predicted molar refractivity (Wildman–Crippen MR) is 73.9 cm³/mol. The van der Waals surface area contributed by atoms with Crippen LogP contribution in [-0.4, -0.2) is 20.8 Å². The maximum absolute atomic E-state index is 6.39. The van der Waals surface area contributed by atoms with E-state index in [9.17, 15) is 0 Å². The second kappa shape index (κ2) is 4.98. The van der Waals surface area contributed by atoms with Crippen molar-refractivity contribution >= 4 is 11.6 Å². The summed E-state index contributed by atoms with van der Waals surface area (Å²) in [6.45, 7) is 5.29. The fraction of sp³-hybridized carbons (Fsp3) is 0.571. The maximum atomic E-state index is 6.39. The highest BCUT2D eigenvalue weighted by molar-refractivity contribution is 6.33. The summed E-state index contributed by atoms with van der Waals surface area (Å²) in [5, 5.41) is 4.19. The van der Waals surface area contributed by atoms with E-state index in [4.69, 9.17) is 21.1 Å². The monoisotopic (exact) mass is 269 g/mol. The van der Waals surface area contributed by atoms with Gasteiger partial charge in [0.05, 0.1) is 19.2 Å². The van der Waals surface area contributed by atoms with Gasteiger partial charge in [-0.25, -0.2) is 0 Å². The van der Waals surface area contributed by atoms with Crippen molar-refractivity contribution in [3.63, 3.8) is 0 Å². The molecule has 1 aliphatic heterocycles. The average Bonchev–Trinajstić information content (AvgIpc) is 2.80. The summed E-state index contributed by atoms with van der Waals surface area (Å²) in [4.78, 5) is 0. The number of halogens is 1. The van der Waals surface area contributed by atoms with Gasteiger partial charge in [-0.1, -0.05) is 11.6 Å². The van der Waals surface area contributed by atoms with Gasteiger partial charge in [0.1, 0.15) is 0 Å². The molecule has 0 amide bonds. The fourth-order valence-electron chi connectivity index (χ4n) is 2.74. The first-order valence-electron chi connectivity index (χ1n) is 6.20. The van der Waals surface area contributed by atoms with Crippen LogP contribution >= 0.6 is 11.6 Å². The van der Waals surface area contributed by atoms with Crippen molar-refractivity contribution in [2.24, 2.45) is 0 Å². The van der Waals surface area contributed by atoms with Gasteiger partial charge in [0.2, 0.25) is 0 Å². The second-order valence-electron chi connectivity index (χ2n) is 4.96. The summed E-state index contributed by atoms with van der Waals surface area (Å²) < 4.78 is 10.7. The Morgan fingerprint density at radius 2 is 2.06 bits per heavy atom. The number of methoxy groups -OCH3 is 2. The van der Waals surface area contributed by atoms with Crippen LogP contribution in [0.2, 0.25) is 5.02 Å². The molecule has 1 atom stereocenters. The van der Waals surface area contributed by atoms with Crippen molar-refractivity contribution in [3.05, 3.63) is 22.2 Å². The zero-order chi connectivity index (χ0) is 13.3. The lowest BCUT2D eigenvalue weighted by molar-refractivity contribution is 0.351. The molecule has 1 N–H and O–H groups in total. The number of hydrogen-bond donors (Lipinski definition) is 1. The van der Waals surface area contributed by atoms with Crippen molar-refractivity contribution in [2.45, 2.75) is 32.2 Å². The molecule has 0 bridgehead atoms. The van der Waals surface area contributed by atoms with Crippen LogP contribution in [0.4, 0.5) is 0 Å². The molecule has 1 aliphatic rings. The lowest BCUT2D eigenvalue weighted by Gasteiger charge is -2.28. The van der Waals surface area contributed by atoms with Gasteiger partial charge in [-0.2, -0.15) is 0 Å². The Morgan fingerprint density at radius 1 is 1.33 bits per heavy atom. The topological polar surface area (TPSA) is 30.5 Å². The molecule has 0 aromatic heterocycles. The summed E-state index contributed by atoms with van der Waals surface area (Å²) >= 11 is 6.39. The van der Waals surface area contributed by atoms with Crippen LogP contribution in [0.15, 0.2) is 6.07 Å². The molecule has 3 nitrogen and oxygen atoms in total. The molecule has 1 fully saturated rings. The Labute approximate surface area is 113 Å². The van der Waals surface area contributed by atoms with E-state index < -0.39 is 0 Å². The van der Waals surface area contributed by atoms with Gasteiger partial charge in [-0.15, -0.1) is 0 Å². The number of ether oxygens (including phenoxy) is 2. The van der Waals surface area contributed by atoms with Gasteiger partial charge >= 0.3 is 0 Å². The van der Waals surface area contributed by atoms with Crippen molar-refractivity contribution < 1.29 is 9.47 Å². The van der Waals surface area contributed by atoms with Crippen molar-refractivity contribution in [1.29, 1.82) is 0 Å². The lowest BCUT2D eigenvalue weighted by Crippen LogP contribution is -2.34. The molecule has 2 rings (SSSR count). The van der Waals surface area contributed by atoms with Crippen LogP contribution in [0, 0.1) is 6.92 Å². The van der Waals surface area contributed by atoms with E-state index in [0.29, 0.717) is 16.5 Å². The van der Waals surface area contributed by atoms with Gasteiger partial charge in [0.25, 0.3) is 0 Å². The van der Waals surface area contributed by atoms with E-state index in [-0.39, 0.29) is 5.54 Å². The highest BCUT2D eigenvalue weighted by atomic mass is 35.5. The van der Waals surface area contributed by atoms with Gasteiger partial charge in [0.15, 0.2) is 11.5 Å². The molecule has 100 valence electrons.